The minimum absolute atomic E-state index is 0.0312. The number of fused-ring (bicyclic) bond motifs is 1. The first-order valence-corrected chi connectivity index (χ1v) is 19.2. The fourth-order valence-corrected chi connectivity index (χ4v) is 4.91. The van der Waals surface area contributed by atoms with Crippen molar-refractivity contribution in [3.63, 3.8) is 0 Å². The third-order valence-corrected chi connectivity index (χ3v) is 8.41. The van der Waals surface area contributed by atoms with Gasteiger partial charge in [-0.3, -0.25) is 24.8 Å². The molecule has 0 aliphatic heterocycles. The summed E-state index contributed by atoms with van der Waals surface area (Å²) in [5.41, 5.74) is 16.6. The number of nitrogens with one attached hydrogen (secondary N) is 3. The van der Waals surface area contributed by atoms with Gasteiger partial charge >= 0.3 is 5.69 Å². The second-order valence-corrected chi connectivity index (χ2v) is 13.1. The third kappa shape index (κ3) is 13.8. The van der Waals surface area contributed by atoms with Crippen LogP contribution in [0.25, 0.3) is 11.0 Å². The predicted octanol–water partition coefficient (Wildman–Crippen LogP) is 8.74. The van der Waals surface area contributed by atoms with Crippen LogP contribution in [-0.2, 0) is 0 Å². The summed E-state index contributed by atoms with van der Waals surface area (Å²) in [5, 5.41) is 27.3. The maximum absolute atomic E-state index is 11.5. The average molecular weight is 838 g/mol. The number of nitrogens with two attached hydrogens (primary N) is 2. The number of para-hydroxylation sites is 7. The summed E-state index contributed by atoms with van der Waals surface area (Å²) in [6, 6.07) is 31.3. The highest BCUT2D eigenvalue weighted by atomic mass is 127. The van der Waals surface area contributed by atoms with Crippen molar-refractivity contribution in [3.8, 4) is 0 Å². The molecule has 0 bridgehead atoms. The minimum atomic E-state index is -0.380. The molecule has 0 spiro atoms. The Labute approximate surface area is 324 Å². The van der Waals surface area contributed by atoms with E-state index in [2.05, 4.69) is 15.6 Å². The number of nitro groups is 2. The number of hydrogen-bond donors (Lipinski definition) is 5. The summed E-state index contributed by atoms with van der Waals surface area (Å²) in [6.07, 6.45) is 9.62. The lowest BCUT2D eigenvalue weighted by atomic mass is 10.2. The molecule has 4 fully saturated rings. The molecule has 4 aliphatic rings. The molecule has 4 aromatic carbocycles. The van der Waals surface area contributed by atoms with Gasteiger partial charge in [-0.2, -0.15) is 0 Å². The number of aryl methyl sites for hydroxylation is 1. The predicted molar refractivity (Wildman–Crippen MR) is 223 cm³/mol. The number of hydrogen-bond acceptors (Lipinski definition) is 9. The molecular formula is C39H49IN8O5. The molecule has 4 aliphatic carbocycles. The van der Waals surface area contributed by atoms with Gasteiger partial charge in [-0.05, 0) is 93.5 Å². The molecule has 0 amide bonds. The standard InChI is InChI=1S/C10H10N2O.C9H10N2O2.C9H12N2.C7H7NO2.C3H7N.CH3I/c13-10-11-8-3-1-2-4-9(8)12(10)7-5-6-7;12-11(13)9-4-2-1-3-8(9)10-7-5-6-7;10-8-3-1-2-4-9(8)11-7-5-6-7;1-6-4-2-3-5-7(6)8(9)10;4-3-1-2-3;1-2/h1-4,7H,5-6H2,(H,11,13);1-4,7,10H,5-6H2;1-4,7,11H,5-6,10H2;2-5H,1H3;3H,1-2,4H2;1H3/i;;;;;1D. The molecule has 53 heavy (non-hydrogen) atoms. The number of H-pyrrole nitrogens is 1. The summed E-state index contributed by atoms with van der Waals surface area (Å²) in [6.45, 7) is 1.72. The van der Waals surface area contributed by atoms with Gasteiger partial charge in [0, 0.05) is 43.2 Å². The number of alkyl halides is 1. The molecule has 0 radical (unpaired) electrons. The molecule has 0 unspecified atom stereocenters. The number of anilines is 3. The lowest BCUT2D eigenvalue weighted by Crippen LogP contribution is -2.14. The van der Waals surface area contributed by atoms with Crippen molar-refractivity contribution in [1.29, 1.82) is 0 Å². The van der Waals surface area contributed by atoms with E-state index in [-0.39, 0.29) is 26.9 Å². The van der Waals surface area contributed by atoms with Crippen molar-refractivity contribution in [1.82, 2.24) is 9.55 Å². The number of nitrogen functional groups attached to an aromatic ring is 1. The van der Waals surface area contributed by atoms with Crippen molar-refractivity contribution < 1.29 is 11.2 Å². The molecule has 14 heteroatoms. The Morgan fingerprint density at radius 1 is 0.755 bits per heavy atom. The highest BCUT2D eigenvalue weighted by molar-refractivity contribution is 14.1. The van der Waals surface area contributed by atoms with Gasteiger partial charge in [-0.1, -0.05) is 77.2 Å². The molecule has 13 nitrogen and oxygen atoms in total. The van der Waals surface area contributed by atoms with Crippen LogP contribution in [0.2, 0.25) is 0 Å². The number of halogens is 1. The second-order valence-electron chi connectivity index (χ2n) is 13.1. The average Bonchev–Trinajstić information content (AvgIpc) is 3.92. The zero-order valence-electron chi connectivity index (χ0n) is 30.8. The zero-order valence-corrected chi connectivity index (χ0v) is 32.0. The van der Waals surface area contributed by atoms with E-state index in [1.54, 1.807) is 43.3 Å². The lowest BCUT2D eigenvalue weighted by Gasteiger charge is -2.06. The van der Waals surface area contributed by atoms with Crippen molar-refractivity contribution >= 4 is 62.1 Å². The van der Waals surface area contributed by atoms with E-state index < -0.39 is 0 Å². The van der Waals surface area contributed by atoms with Crippen LogP contribution in [0.5, 0.6) is 0 Å². The Hall–Kier alpha value is -4.96. The van der Waals surface area contributed by atoms with E-state index in [0.717, 1.165) is 48.1 Å². The first kappa shape index (κ1) is 39.3. The van der Waals surface area contributed by atoms with Crippen molar-refractivity contribution in [2.24, 2.45) is 5.73 Å². The Morgan fingerprint density at radius 2 is 1.23 bits per heavy atom. The quantitative estimate of drug-likeness (QED) is 0.0350. The van der Waals surface area contributed by atoms with Gasteiger partial charge in [0.2, 0.25) is 0 Å². The van der Waals surface area contributed by atoms with Crippen LogP contribution in [0.4, 0.5) is 28.4 Å². The number of nitrogens with zero attached hydrogens (tertiary/aromatic N) is 3. The first-order chi connectivity index (χ1) is 26.0. The Balaban J connectivity index is 0.000000152. The third-order valence-electron chi connectivity index (χ3n) is 8.41. The normalized spacial score (nSPS) is 15.3. The fraction of sp³-hybridized carbons (Fsp3) is 0.359. The number of benzene rings is 4. The summed E-state index contributed by atoms with van der Waals surface area (Å²) in [4.78, 5) is 34.9. The number of nitro benzene ring substituents is 2. The number of aromatic nitrogens is 2. The first-order valence-electron chi connectivity index (χ1n) is 18.3. The molecule has 7 N–H and O–H groups in total. The maximum atomic E-state index is 11.5. The summed E-state index contributed by atoms with van der Waals surface area (Å²) >= 11 is 1.96. The number of aromatic amines is 1. The van der Waals surface area contributed by atoms with Crippen molar-refractivity contribution in [2.45, 2.75) is 82.5 Å². The van der Waals surface area contributed by atoms with Crippen LogP contribution in [0.3, 0.4) is 0 Å². The molecule has 5 aromatic rings. The molecule has 4 saturated carbocycles. The van der Waals surface area contributed by atoms with E-state index in [1.165, 1.54) is 37.8 Å². The number of rotatable bonds is 7. The molecule has 282 valence electrons. The zero-order chi connectivity index (χ0) is 39.0. The van der Waals surface area contributed by atoms with E-state index in [4.69, 9.17) is 12.8 Å². The summed E-state index contributed by atoms with van der Waals surface area (Å²) in [7, 11) is 0. The molecule has 9 rings (SSSR count). The van der Waals surface area contributed by atoms with Crippen LogP contribution in [0.1, 0.15) is 64.3 Å². The van der Waals surface area contributed by atoms with Crippen LogP contribution in [0, 0.1) is 27.2 Å². The second kappa shape index (κ2) is 20.3. The van der Waals surface area contributed by atoms with E-state index in [0.29, 0.717) is 40.3 Å². The van der Waals surface area contributed by atoms with Gasteiger partial charge < -0.3 is 27.1 Å². The maximum Gasteiger partial charge on any atom is 0.326 e. The topological polar surface area (TPSA) is 200 Å². The smallest absolute Gasteiger partial charge is 0.326 e. The van der Waals surface area contributed by atoms with Crippen LogP contribution >= 0.6 is 22.6 Å². The van der Waals surface area contributed by atoms with Gasteiger partial charge in [0.15, 0.2) is 0 Å². The van der Waals surface area contributed by atoms with Crippen LogP contribution in [0.15, 0.2) is 102 Å². The van der Waals surface area contributed by atoms with E-state index >= 15 is 0 Å². The molecule has 1 heterocycles. The summed E-state index contributed by atoms with van der Waals surface area (Å²) < 4.78 is 8.07. The summed E-state index contributed by atoms with van der Waals surface area (Å²) in [5.74, 6) is 0. The van der Waals surface area contributed by atoms with Crippen LogP contribution in [-0.4, -0.2) is 42.4 Å². The van der Waals surface area contributed by atoms with Gasteiger partial charge in [-0.15, -0.1) is 0 Å². The van der Waals surface area contributed by atoms with Crippen molar-refractivity contribution in [2.75, 3.05) is 21.3 Å². The fourth-order valence-electron chi connectivity index (χ4n) is 4.91. The van der Waals surface area contributed by atoms with Gasteiger partial charge in [0.05, 0.1) is 32.3 Å². The Morgan fingerprint density at radius 3 is 1.72 bits per heavy atom. The largest absolute Gasteiger partial charge is 0.397 e. The van der Waals surface area contributed by atoms with E-state index in [9.17, 15) is 25.0 Å². The van der Waals surface area contributed by atoms with Gasteiger partial charge in [0.25, 0.3) is 11.4 Å². The molecular weight excluding hydrogens is 787 g/mol. The molecule has 0 saturated heterocycles. The van der Waals surface area contributed by atoms with Gasteiger partial charge in [0.1, 0.15) is 5.69 Å². The lowest BCUT2D eigenvalue weighted by molar-refractivity contribution is -0.385. The monoisotopic (exact) mass is 837 g/mol. The van der Waals surface area contributed by atoms with Gasteiger partial charge in [-0.25, -0.2) is 4.79 Å². The Bertz CT molecular complexity index is 2010. The highest BCUT2D eigenvalue weighted by Crippen LogP contribution is 2.35. The molecule has 0 atom stereocenters. The Kier molecular flexibility index (Phi) is 15.1. The molecule has 1 aromatic heterocycles. The number of imidazole rings is 1. The minimum Gasteiger partial charge on any atom is -0.397 e. The highest BCUT2D eigenvalue weighted by Gasteiger charge is 2.27. The van der Waals surface area contributed by atoms with E-state index in [1.807, 2.05) is 75.7 Å². The van der Waals surface area contributed by atoms with Crippen LogP contribution < -0.4 is 27.8 Å². The SMILES string of the molecule is Cc1ccccc1[N+](=O)[O-].NC1CC1.Nc1ccccc1NC1CC1.O=[N+]([O-])c1ccccc1NC1CC1.O=c1[nH]c2ccccc2n1C1CC1.[2H]CI. The van der Waals surface area contributed by atoms with Crippen molar-refractivity contribution in [3.05, 3.63) is 133 Å².